The molecule has 5 heteroatoms. The number of carboxylic acid groups (broad SMARTS) is 1. The summed E-state index contributed by atoms with van der Waals surface area (Å²) in [6.07, 6.45) is 1.67. The molecule has 20 heavy (non-hydrogen) atoms. The Kier molecular flexibility index (Phi) is 4.28. The second kappa shape index (κ2) is 5.79. The largest absolute Gasteiger partial charge is 0.478 e. The van der Waals surface area contributed by atoms with Crippen molar-refractivity contribution in [2.75, 3.05) is 13.2 Å². The molecule has 2 heterocycles. The van der Waals surface area contributed by atoms with E-state index in [0.29, 0.717) is 19.1 Å². The van der Waals surface area contributed by atoms with Crippen molar-refractivity contribution in [2.24, 2.45) is 0 Å². The van der Waals surface area contributed by atoms with E-state index in [9.17, 15) is 9.90 Å². The fourth-order valence-corrected chi connectivity index (χ4v) is 2.04. The molecule has 1 aromatic heterocycles. The highest BCUT2D eigenvalue weighted by molar-refractivity contribution is 5.88. The molecule has 1 N–H and O–H groups in total. The molecule has 2 rings (SSSR count). The summed E-state index contributed by atoms with van der Waals surface area (Å²) in [5, 5.41) is 9.20. The van der Waals surface area contributed by atoms with Gasteiger partial charge >= 0.3 is 5.97 Å². The Bertz CT molecular complexity index is 487. The van der Waals surface area contributed by atoms with Crippen LogP contribution in [-0.2, 0) is 10.2 Å². The topological polar surface area (TPSA) is 68.7 Å². The Morgan fingerprint density at radius 2 is 2.00 bits per heavy atom. The lowest BCUT2D eigenvalue weighted by Crippen LogP contribution is -2.27. The van der Waals surface area contributed by atoms with E-state index in [1.807, 2.05) is 20.8 Å². The van der Waals surface area contributed by atoms with Gasteiger partial charge in [-0.1, -0.05) is 20.8 Å². The summed E-state index contributed by atoms with van der Waals surface area (Å²) in [6, 6.07) is 3.10. The summed E-state index contributed by atoms with van der Waals surface area (Å²) >= 11 is 0. The maximum absolute atomic E-state index is 11.2. The minimum Gasteiger partial charge on any atom is -0.478 e. The van der Waals surface area contributed by atoms with Crippen LogP contribution in [0.25, 0.3) is 0 Å². The molecule has 110 valence electrons. The summed E-state index contributed by atoms with van der Waals surface area (Å²) < 4.78 is 11.1. The Hall–Kier alpha value is -1.62. The van der Waals surface area contributed by atoms with E-state index in [1.54, 1.807) is 6.07 Å². The van der Waals surface area contributed by atoms with Gasteiger partial charge in [-0.05, 0) is 6.07 Å². The van der Waals surface area contributed by atoms with Gasteiger partial charge < -0.3 is 14.6 Å². The first kappa shape index (κ1) is 14.8. The van der Waals surface area contributed by atoms with Crippen LogP contribution >= 0.6 is 0 Å². The fourth-order valence-electron chi connectivity index (χ4n) is 2.04. The maximum Gasteiger partial charge on any atom is 0.335 e. The van der Waals surface area contributed by atoms with E-state index < -0.39 is 5.97 Å². The SMILES string of the molecule is CC(C)(C)c1cc(C(=O)O)cc(OC2CCOCC2)n1. The van der Waals surface area contributed by atoms with Crippen molar-refractivity contribution in [1.29, 1.82) is 0 Å². The summed E-state index contributed by atoms with van der Waals surface area (Å²) in [7, 11) is 0. The van der Waals surface area contributed by atoms with Crippen molar-refractivity contribution in [3.8, 4) is 5.88 Å². The van der Waals surface area contributed by atoms with Crippen LogP contribution in [0.5, 0.6) is 5.88 Å². The average molecular weight is 279 g/mol. The molecule has 1 saturated heterocycles. The zero-order chi connectivity index (χ0) is 14.8. The van der Waals surface area contributed by atoms with Crippen LogP contribution in [0.4, 0.5) is 0 Å². The fraction of sp³-hybridized carbons (Fsp3) is 0.600. The standard InChI is InChI=1S/C15H21NO4/c1-15(2,3)12-8-10(14(17)18)9-13(16-12)20-11-4-6-19-7-5-11/h8-9,11H,4-7H2,1-3H3,(H,17,18). The molecule has 0 bridgehead atoms. The monoisotopic (exact) mass is 279 g/mol. The third-order valence-corrected chi connectivity index (χ3v) is 3.27. The third kappa shape index (κ3) is 3.70. The second-order valence-electron chi connectivity index (χ2n) is 6.06. The number of hydrogen-bond donors (Lipinski definition) is 1. The van der Waals surface area contributed by atoms with E-state index in [4.69, 9.17) is 9.47 Å². The highest BCUT2D eigenvalue weighted by Gasteiger charge is 2.21. The average Bonchev–Trinajstić information content (AvgIpc) is 2.38. The van der Waals surface area contributed by atoms with Crippen LogP contribution in [0, 0.1) is 0 Å². The Balaban J connectivity index is 2.26. The number of aromatic nitrogens is 1. The lowest BCUT2D eigenvalue weighted by atomic mass is 9.91. The van der Waals surface area contributed by atoms with Gasteiger partial charge in [0.1, 0.15) is 6.10 Å². The zero-order valence-corrected chi connectivity index (χ0v) is 12.2. The number of rotatable bonds is 3. The molecule has 0 aliphatic carbocycles. The molecule has 1 aliphatic rings. The van der Waals surface area contributed by atoms with Crippen molar-refractivity contribution < 1.29 is 19.4 Å². The molecule has 1 fully saturated rings. The quantitative estimate of drug-likeness (QED) is 0.921. The van der Waals surface area contributed by atoms with Gasteiger partial charge in [0.2, 0.25) is 5.88 Å². The number of hydrogen-bond acceptors (Lipinski definition) is 4. The Morgan fingerprint density at radius 1 is 1.35 bits per heavy atom. The molecule has 1 aliphatic heterocycles. The summed E-state index contributed by atoms with van der Waals surface area (Å²) in [5.41, 5.74) is 0.714. The predicted molar refractivity (Wildman–Crippen MR) is 74.4 cm³/mol. The molecule has 0 spiro atoms. The van der Waals surface area contributed by atoms with Gasteiger partial charge in [0.25, 0.3) is 0 Å². The zero-order valence-electron chi connectivity index (χ0n) is 12.2. The number of carbonyl (C=O) groups is 1. The second-order valence-corrected chi connectivity index (χ2v) is 6.06. The van der Waals surface area contributed by atoms with Crippen molar-refractivity contribution in [2.45, 2.75) is 45.1 Å². The lowest BCUT2D eigenvalue weighted by Gasteiger charge is -2.24. The number of pyridine rings is 1. The highest BCUT2D eigenvalue weighted by atomic mass is 16.5. The van der Waals surface area contributed by atoms with Crippen LogP contribution in [0.1, 0.15) is 49.7 Å². The number of nitrogens with zero attached hydrogens (tertiary/aromatic N) is 1. The summed E-state index contributed by atoms with van der Waals surface area (Å²) in [6.45, 7) is 7.35. The Morgan fingerprint density at radius 3 is 2.55 bits per heavy atom. The van der Waals surface area contributed by atoms with Gasteiger partial charge in [0, 0.05) is 24.3 Å². The summed E-state index contributed by atoms with van der Waals surface area (Å²) in [5.74, 6) is -0.573. The lowest BCUT2D eigenvalue weighted by molar-refractivity contribution is 0.0234. The molecular weight excluding hydrogens is 258 g/mol. The number of ether oxygens (including phenoxy) is 2. The van der Waals surface area contributed by atoms with Crippen LogP contribution in [0.2, 0.25) is 0 Å². The van der Waals surface area contributed by atoms with Crippen LogP contribution in [0.3, 0.4) is 0 Å². The van der Waals surface area contributed by atoms with Gasteiger partial charge in [-0.15, -0.1) is 0 Å². The first-order chi connectivity index (χ1) is 9.36. The minimum absolute atomic E-state index is 0.0492. The summed E-state index contributed by atoms with van der Waals surface area (Å²) in [4.78, 5) is 15.7. The smallest absolute Gasteiger partial charge is 0.335 e. The first-order valence-corrected chi connectivity index (χ1v) is 6.86. The molecule has 5 nitrogen and oxygen atoms in total. The van der Waals surface area contributed by atoms with Crippen molar-refractivity contribution in [3.05, 3.63) is 23.4 Å². The van der Waals surface area contributed by atoms with Crippen molar-refractivity contribution in [3.63, 3.8) is 0 Å². The molecule has 0 radical (unpaired) electrons. The van der Waals surface area contributed by atoms with Gasteiger partial charge in [0.15, 0.2) is 0 Å². The van der Waals surface area contributed by atoms with E-state index >= 15 is 0 Å². The van der Waals surface area contributed by atoms with Gasteiger partial charge in [-0.2, -0.15) is 0 Å². The molecule has 0 aromatic carbocycles. The van der Waals surface area contributed by atoms with Crippen molar-refractivity contribution in [1.82, 2.24) is 4.98 Å². The minimum atomic E-state index is -0.963. The van der Waals surface area contributed by atoms with Crippen LogP contribution in [-0.4, -0.2) is 35.4 Å². The van der Waals surface area contributed by atoms with Crippen LogP contribution in [0.15, 0.2) is 12.1 Å². The third-order valence-electron chi connectivity index (χ3n) is 3.27. The molecule has 0 amide bonds. The van der Waals surface area contributed by atoms with Crippen molar-refractivity contribution >= 4 is 5.97 Å². The number of aromatic carboxylic acids is 1. The Labute approximate surface area is 118 Å². The van der Waals surface area contributed by atoms with Gasteiger partial charge in [0.05, 0.1) is 24.5 Å². The molecule has 0 saturated carbocycles. The molecule has 0 unspecified atom stereocenters. The normalized spacial score (nSPS) is 16.9. The van der Waals surface area contributed by atoms with E-state index in [-0.39, 0.29) is 17.1 Å². The molecular formula is C15H21NO4. The highest BCUT2D eigenvalue weighted by Crippen LogP contribution is 2.25. The van der Waals surface area contributed by atoms with Gasteiger partial charge in [-0.3, -0.25) is 0 Å². The number of carboxylic acids is 1. The van der Waals surface area contributed by atoms with Crippen LogP contribution < -0.4 is 4.74 Å². The van der Waals surface area contributed by atoms with Gasteiger partial charge in [-0.25, -0.2) is 9.78 Å². The van der Waals surface area contributed by atoms with E-state index in [1.165, 1.54) is 6.07 Å². The molecule has 0 atom stereocenters. The molecule has 1 aromatic rings. The first-order valence-electron chi connectivity index (χ1n) is 6.86. The predicted octanol–water partition coefficient (Wildman–Crippen LogP) is 2.64. The van der Waals surface area contributed by atoms with E-state index in [2.05, 4.69) is 4.98 Å². The maximum atomic E-state index is 11.2. The van der Waals surface area contributed by atoms with E-state index in [0.717, 1.165) is 18.5 Å².